The van der Waals surface area contributed by atoms with Crippen LogP contribution < -0.4 is 0 Å². The second-order valence-corrected chi connectivity index (χ2v) is 5.96. The maximum Gasteiger partial charge on any atom is 0.432 e. The summed E-state index contributed by atoms with van der Waals surface area (Å²) in [5.74, 6) is 0.451. The average Bonchev–Trinajstić information content (AvgIpc) is 3.16. The number of H-pyrrole nitrogens is 1. The van der Waals surface area contributed by atoms with Crippen LogP contribution in [0.5, 0.6) is 0 Å². The molecular weight excluding hydrogens is 307 g/mol. The molecule has 1 aliphatic rings. The summed E-state index contributed by atoms with van der Waals surface area (Å²) in [6.07, 6.45) is 2.19. The van der Waals surface area contributed by atoms with Crippen LogP contribution in [0.15, 0.2) is 18.6 Å². The lowest BCUT2D eigenvalue weighted by molar-refractivity contribution is -0.141. The lowest BCUT2D eigenvalue weighted by Crippen LogP contribution is -2.34. The molecule has 2 aromatic rings. The van der Waals surface area contributed by atoms with E-state index in [1.54, 1.807) is 0 Å². The van der Waals surface area contributed by atoms with Gasteiger partial charge in [0.25, 0.3) is 0 Å². The van der Waals surface area contributed by atoms with E-state index in [2.05, 4.69) is 20.0 Å². The molecule has 1 N–H and O–H groups in total. The van der Waals surface area contributed by atoms with Crippen molar-refractivity contribution in [3.05, 3.63) is 35.7 Å². The van der Waals surface area contributed by atoms with Crippen LogP contribution in [0.4, 0.5) is 13.2 Å². The Morgan fingerprint density at radius 2 is 2.17 bits per heavy atom. The first-order valence-corrected chi connectivity index (χ1v) is 7.81. The number of likely N-dealkylation sites (tertiary alicyclic amines) is 1. The number of imidazole rings is 1. The standard InChI is InChI=1S/C15H20F3N5/c1-2-23-9-11(6-20-23)8-22-5-3-4-12(10-22)14-19-7-13(21-14)15(16,17)18/h6-7,9,12H,2-5,8,10H2,1H3,(H,19,21)/t12-/m1/s1. The summed E-state index contributed by atoms with van der Waals surface area (Å²) in [4.78, 5) is 8.64. The largest absolute Gasteiger partial charge is 0.432 e. The molecule has 1 fully saturated rings. The van der Waals surface area contributed by atoms with E-state index in [-0.39, 0.29) is 5.92 Å². The summed E-state index contributed by atoms with van der Waals surface area (Å²) in [5.41, 5.74) is 0.358. The van der Waals surface area contributed by atoms with E-state index in [0.717, 1.165) is 44.2 Å². The quantitative estimate of drug-likeness (QED) is 0.939. The van der Waals surface area contributed by atoms with Gasteiger partial charge in [0.05, 0.1) is 12.4 Å². The maximum absolute atomic E-state index is 12.7. The molecule has 3 heterocycles. The van der Waals surface area contributed by atoms with Crippen LogP contribution in [0, 0.1) is 0 Å². The predicted octanol–water partition coefficient (Wildman–Crippen LogP) is 3.02. The molecule has 0 saturated carbocycles. The highest BCUT2D eigenvalue weighted by molar-refractivity contribution is 5.10. The van der Waals surface area contributed by atoms with Gasteiger partial charge < -0.3 is 4.98 Å². The number of nitrogens with one attached hydrogen (secondary N) is 1. The van der Waals surface area contributed by atoms with Crippen LogP contribution in [-0.4, -0.2) is 37.7 Å². The highest BCUT2D eigenvalue weighted by Gasteiger charge is 2.34. The molecule has 0 spiro atoms. The minimum atomic E-state index is -4.37. The third kappa shape index (κ3) is 3.74. The third-order valence-electron chi connectivity index (χ3n) is 4.21. The van der Waals surface area contributed by atoms with E-state index in [9.17, 15) is 13.2 Å². The van der Waals surface area contributed by atoms with Gasteiger partial charge in [0.1, 0.15) is 11.5 Å². The van der Waals surface area contributed by atoms with Gasteiger partial charge in [-0.3, -0.25) is 9.58 Å². The van der Waals surface area contributed by atoms with Crippen LogP contribution in [0.25, 0.3) is 0 Å². The summed E-state index contributed by atoms with van der Waals surface area (Å²) < 4.78 is 39.9. The predicted molar refractivity (Wildman–Crippen MR) is 78.7 cm³/mol. The molecule has 1 aliphatic heterocycles. The van der Waals surface area contributed by atoms with Gasteiger partial charge in [0.15, 0.2) is 0 Å². The number of hydrogen-bond acceptors (Lipinski definition) is 3. The summed E-state index contributed by atoms with van der Waals surface area (Å²) in [6, 6.07) is 0. The Bertz CT molecular complexity index is 646. The van der Waals surface area contributed by atoms with Crippen LogP contribution in [0.2, 0.25) is 0 Å². The Morgan fingerprint density at radius 1 is 1.35 bits per heavy atom. The molecule has 2 aromatic heterocycles. The Balaban J connectivity index is 1.64. The lowest BCUT2D eigenvalue weighted by Gasteiger charge is -2.31. The molecule has 126 valence electrons. The number of aromatic nitrogens is 4. The van der Waals surface area contributed by atoms with Gasteiger partial charge in [0, 0.05) is 37.3 Å². The second-order valence-electron chi connectivity index (χ2n) is 5.96. The van der Waals surface area contributed by atoms with E-state index in [0.29, 0.717) is 12.4 Å². The first kappa shape index (κ1) is 16.0. The normalized spacial score (nSPS) is 20.1. The second kappa shape index (κ2) is 6.35. The molecular formula is C15H20F3N5. The monoisotopic (exact) mass is 327 g/mol. The zero-order valence-corrected chi connectivity index (χ0v) is 13.0. The van der Waals surface area contributed by atoms with E-state index < -0.39 is 11.9 Å². The average molecular weight is 327 g/mol. The first-order valence-electron chi connectivity index (χ1n) is 7.81. The number of aryl methyl sites for hydroxylation is 1. The Morgan fingerprint density at radius 3 is 2.83 bits per heavy atom. The van der Waals surface area contributed by atoms with Crippen molar-refractivity contribution in [2.45, 2.75) is 44.9 Å². The van der Waals surface area contributed by atoms with E-state index >= 15 is 0 Å². The molecule has 1 atom stereocenters. The summed E-state index contributed by atoms with van der Waals surface area (Å²) in [7, 11) is 0. The van der Waals surface area contributed by atoms with Crippen molar-refractivity contribution in [2.24, 2.45) is 0 Å². The molecule has 23 heavy (non-hydrogen) atoms. The summed E-state index contributed by atoms with van der Waals surface area (Å²) in [6.45, 7) is 5.28. The van der Waals surface area contributed by atoms with Gasteiger partial charge in [0.2, 0.25) is 0 Å². The van der Waals surface area contributed by atoms with Gasteiger partial charge in [-0.2, -0.15) is 18.3 Å². The van der Waals surface area contributed by atoms with Crippen LogP contribution in [0.3, 0.4) is 0 Å². The number of halogens is 3. The SMILES string of the molecule is CCn1cc(CN2CCC[C@@H](c3ncc(C(F)(F)F)[nH]3)C2)cn1. The molecule has 0 unspecified atom stereocenters. The van der Waals surface area contributed by atoms with Gasteiger partial charge in [-0.25, -0.2) is 4.98 Å². The molecule has 8 heteroatoms. The number of hydrogen-bond donors (Lipinski definition) is 1. The number of piperidine rings is 1. The van der Waals surface area contributed by atoms with Crippen LogP contribution in [0.1, 0.15) is 42.8 Å². The van der Waals surface area contributed by atoms with E-state index in [1.165, 1.54) is 0 Å². The van der Waals surface area contributed by atoms with Crippen molar-refractivity contribution in [2.75, 3.05) is 13.1 Å². The molecule has 5 nitrogen and oxygen atoms in total. The molecule has 0 radical (unpaired) electrons. The minimum absolute atomic E-state index is 0.0149. The van der Waals surface area contributed by atoms with Crippen molar-refractivity contribution in [1.29, 1.82) is 0 Å². The smallest absolute Gasteiger partial charge is 0.338 e. The van der Waals surface area contributed by atoms with Crippen LogP contribution in [-0.2, 0) is 19.3 Å². The fourth-order valence-corrected chi connectivity index (χ4v) is 3.03. The van der Waals surface area contributed by atoms with Crippen molar-refractivity contribution in [3.8, 4) is 0 Å². The first-order chi connectivity index (χ1) is 11.0. The fraction of sp³-hybridized carbons (Fsp3) is 0.600. The number of alkyl halides is 3. The molecule has 1 saturated heterocycles. The molecule has 0 amide bonds. The zero-order chi connectivity index (χ0) is 16.4. The van der Waals surface area contributed by atoms with Crippen molar-refractivity contribution in [1.82, 2.24) is 24.6 Å². The Kier molecular flexibility index (Phi) is 4.43. The molecule has 0 aromatic carbocycles. The van der Waals surface area contributed by atoms with Gasteiger partial charge in [-0.15, -0.1) is 0 Å². The van der Waals surface area contributed by atoms with Gasteiger partial charge >= 0.3 is 6.18 Å². The molecule has 3 rings (SSSR count). The van der Waals surface area contributed by atoms with E-state index in [1.807, 2.05) is 24.0 Å². The van der Waals surface area contributed by atoms with Crippen molar-refractivity contribution in [3.63, 3.8) is 0 Å². The summed E-state index contributed by atoms with van der Waals surface area (Å²) in [5, 5.41) is 4.25. The number of aromatic amines is 1. The summed E-state index contributed by atoms with van der Waals surface area (Å²) >= 11 is 0. The van der Waals surface area contributed by atoms with Crippen LogP contribution >= 0.6 is 0 Å². The van der Waals surface area contributed by atoms with Crippen molar-refractivity contribution < 1.29 is 13.2 Å². The highest BCUT2D eigenvalue weighted by atomic mass is 19.4. The third-order valence-corrected chi connectivity index (χ3v) is 4.21. The van der Waals surface area contributed by atoms with Crippen molar-refractivity contribution >= 4 is 0 Å². The lowest BCUT2D eigenvalue weighted by atomic mass is 9.97. The van der Waals surface area contributed by atoms with E-state index in [4.69, 9.17) is 0 Å². The molecule has 0 aliphatic carbocycles. The zero-order valence-electron chi connectivity index (χ0n) is 13.0. The van der Waals surface area contributed by atoms with Gasteiger partial charge in [-0.05, 0) is 26.3 Å². The topological polar surface area (TPSA) is 49.7 Å². The maximum atomic E-state index is 12.7. The number of nitrogens with zero attached hydrogens (tertiary/aromatic N) is 4. The fourth-order valence-electron chi connectivity index (χ4n) is 3.03. The van der Waals surface area contributed by atoms with Gasteiger partial charge in [-0.1, -0.05) is 0 Å². The Labute approximate surface area is 132 Å². The minimum Gasteiger partial charge on any atom is -0.338 e. The molecule has 0 bridgehead atoms. The Hall–Kier alpha value is -1.83. The highest BCUT2D eigenvalue weighted by Crippen LogP contribution is 2.31. The number of rotatable bonds is 4.